The first kappa shape index (κ1) is 16.2. The first-order valence-electron chi connectivity index (χ1n) is 7.48. The molecule has 1 fully saturated rings. The minimum absolute atomic E-state index is 0.188. The zero-order valence-electron chi connectivity index (χ0n) is 13.1. The molecule has 1 saturated heterocycles. The third kappa shape index (κ3) is 4.66. The van der Waals surface area contributed by atoms with Crippen LogP contribution >= 0.6 is 0 Å². The number of nitrogens with one attached hydrogen (secondary N) is 1. The molecule has 1 aromatic rings. The van der Waals surface area contributed by atoms with Crippen LogP contribution in [-0.4, -0.2) is 45.6 Å². The minimum atomic E-state index is -0.198. The monoisotopic (exact) mass is 296 g/mol. The van der Waals surface area contributed by atoms with Crippen molar-refractivity contribution >= 4 is 5.69 Å². The molecule has 0 aliphatic carbocycles. The first-order valence-corrected chi connectivity index (χ1v) is 7.48. The molecule has 4 nitrogen and oxygen atoms in total. The number of ether oxygens (including phenoxy) is 2. The zero-order valence-corrected chi connectivity index (χ0v) is 13.1. The van der Waals surface area contributed by atoms with E-state index < -0.39 is 0 Å². The van der Waals surface area contributed by atoms with E-state index in [1.807, 2.05) is 6.07 Å². The van der Waals surface area contributed by atoms with Crippen molar-refractivity contribution in [1.82, 2.24) is 5.32 Å². The highest BCUT2D eigenvalue weighted by molar-refractivity contribution is 5.54. The summed E-state index contributed by atoms with van der Waals surface area (Å²) in [5.41, 5.74) is 2.07. The number of rotatable bonds is 6. The summed E-state index contributed by atoms with van der Waals surface area (Å²) in [5, 5.41) is 3.28. The quantitative estimate of drug-likeness (QED) is 0.816. The average molecular weight is 296 g/mol. The lowest BCUT2D eigenvalue weighted by atomic mass is 10.1. The lowest BCUT2D eigenvalue weighted by Gasteiger charge is -2.37. The van der Waals surface area contributed by atoms with E-state index in [0.29, 0.717) is 13.2 Å². The summed E-state index contributed by atoms with van der Waals surface area (Å²) in [6.45, 7) is 7.85. The highest BCUT2D eigenvalue weighted by Gasteiger charge is 2.23. The second kappa shape index (κ2) is 7.73. The highest BCUT2D eigenvalue weighted by Crippen LogP contribution is 2.25. The van der Waals surface area contributed by atoms with Crippen LogP contribution in [-0.2, 0) is 16.0 Å². The fraction of sp³-hybridized carbons (Fsp3) is 0.625. The Kier molecular flexibility index (Phi) is 5.96. The van der Waals surface area contributed by atoms with Crippen LogP contribution in [0.1, 0.15) is 19.4 Å². The van der Waals surface area contributed by atoms with Gasteiger partial charge in [0.05, 0.1) is 18.8 Å². The van der Waals surface area contributed by atoms with Crippen molar-refractivity contribution in [2.24, 2.45) is 0 Å². The number of morpholine rings is 1. The van der Waals surface area contributed by atoms with Crippen molar-refractivity contribution in [3.05, 3.63) is 29.6 Å². The normalized spacial score (nSPS) is 22.6. The number of halogens is 1. The van der Waals surface area contributed by atoms with Crippen LogP contribution < -0.4 is 10.2 Å². The van der Waals surface area contributed by atoms with Gasteiger partial charge in [0.1, 0.15) is 5.82 Å². The van der Waals surface area contributed by atoms with Crippen LogP contribution in [0.3, 0.4) is 0 Å². The topological polar surface area (TPSA) is 33.7 Å². The van der Waals surface area contributed by atoms with Crippen LogP contribution in [0, 0.1) is 5.82 Å². The molecule has 0 amide bonds. The van der Waals surface area contributed by atoms with Gasteiger partial charge in [-0.15, -0.1) is 0 Å². The zero-order chi connectivity index (χ0) is 15.2. The average Bonchev–Trinajstić information content (AvgIpc) is 2.42. The molecule has 1 aromatic carbocycles. The van der Waals surface area contributed by atoms with Gasteiger partial charge in [-0.05, 0) is 37.6 Å². The van der Waals surface area contributed by atoms with Crippen LogP contribution in [0.15, 0.2) is 18.2 Å². The van der Waals surface area contributed by atoms with Gasteiger partial charge >= 0.3 is 0 Å². The summed E-state index contributed by atoms with van der Waals surface area (Å²) in [6.07, 6.45) is 0.376. The standard InChI is InChI=1S/C16H25FN2O2/c1-12-10-19(11-13(2)21-12)16-5-4-15(17)8-14(16)9-18-6-7-20-3/h4-5,8,12-13,18H,6-7,9-11H2,1-3H3/t12-,13+. The molecule has 1 aliphatic rings. The molecule has 1 N–H and O–H groups in total. The molecule has 0 radical (unpaired) electrons. The van der Waals surface area contributed by atoms with Gasteiger partial charge in [-0.25, -0.2) is 4.39 Å². The molecular weight excluding hydrogens is 271 g/mol. The molecule has 118 valence electrons. The van der Waals surface area contributed by atoms with Crippen molar-refractivity contribution in [2.45, 2.75) is 32.6 Å². The van der Waals surface area contributed by atoms with E-state index in [2.05, 4.69) is 24.1 Å². The largest absolute Gasteiger partial charge is 0.383 e. The van der Waals surface area contributed by atoms with Gasteiger partial charge in [0.15, 0.2) is 0 Å². The van der Waals surface area contributed by atoms with Crippen molar-refractivity contribution in [3.8, 4) is 0 Å². The number of benzene rings is 1. The molecule has 0 unspecified atom stereocenters. The maximum Gasteiger partial charge on any atom is 0.123 e. The molecule has 0 bridgehead atoms. The van der Waals surface area contributed by atoms with Gasteiger partial charge in [0.25, 0.3) is 0 Å². The maximum atomic E-state index is 13.5. The van der Waals surface area contributed by atoms with Gasteiger partial charge in [-0.2, -0.15) is 0 Å². The second-order valence-electron chi connectivity index (χ2n) is 5.60. The van der Waals surface area contributed by atoms with Crippen LogP contribution in [0.5, 0.6) is 0 Å². The first-order chi connectivity index (χ1) is 10.1. The summed E-state index contributed by atoms with van der Waals surface area (Å²) in [5.74, 6) is -0.198. The second-order valence-corrected chi connectivity index (χ2v) is 5.60. The van der Waals surface area contributed by atoms with E-state index in [0.717, 1.165) is 30.9 Å². The summed E-state index contributed by atoms with van der Waals surface area (Å²) < 4.78 is 24.3. The molecule has 1 heterocycles. The SMILES string of the molecule is COCCNCc1cc(F)ccc1N1C[C@@H](C)O[C@@H](C)C1. The number of anilines is 1. The molecular formula is C16H25FN2O2. The van der Waals surface area contributed by atoms with Crippen LogP contribution in [0.2, 0.25) is 0 Å². The van der Waals surface area contributed by atoms with Crippen molar-refractivity contribution in [3.63, 3.8) is 0 Å². The van der Waals surface area contributed by atoms with Gasteiger partial charge in [-0.3, -0.25) is 0 Å². The summed E-state index contributed by atoms with van der Waals surface area (Å²) in [4.78, 5) is 2.28. The fourth-order valence-corrected chi connectivity index (χ4v) is 2.78. The number of methoxy groups -OCH3 is 1. The lowest BCUT2D eigenvalue weighted by Crippen LogP contribution is -2.46. The van der Waals surface area contributed by atoms with Gasteiger partial charge in [-0.1, -0.05) is 0 Å². The van der Waals surface area contributed by atoms with Crippen molar-refractivity contribution < 1.29 is 13.9 Å². The number of nitrogens with zero attached hydrogens (tertiary/aromatic N) is 1. The molecule has 0 aromatic heterocycles. The minimum Gasteiger partial charge on any atom is -0.383 e. The van der Waals surface area contributed by atoms with E-state index in [9.17, 15) is 4.39 Å². The summed E-state index contributed by atoms with van der Waals surface area (Å²) in [6, 6.07) is 5.01. The molecule has 21 heavy (non-hydrogen) atoms. The van der Waals surface area contributed by atoms with Gasteiger partial charge in [0.2, 0.25) is 0 Å². The van der Waals surface area contributed by atoms with E-state index in [-0.39, 0.29) is 18.0 Å². The Morgan fingerprint density at radius 2 is 2.05 bits per heavy atom. The molecule has 0 saturated carbocycles. The molecule has 2 atom stereocenters. The third-order valence-electron chi connectivity index (χ3n) is 3.60. The van der Waals surface area contributed by atoms with Gasteiger partial charge < -0.3 is 19.7 Å². The summed E-state index contributed by atoms with van der Waals surface area (Å²) >= 11 is 0. The van der Waals surface area contributed by atoms with Crippen molar-refractivity contribution in [2.75, 3.05) is 38.3 Å². The highest BCUT2D eigenvalue weighted by atomic mass is 19.1. The predicted octanol–water partition coefficient (Wildman–Crippen LogP) is 2.18. The Balaban J connectivity index is 2.10. The fourth-order valence-electron chi connectivity index (χ4n) is 2.78. The molecule has 0 spiro atoms. The number of hydrogen-bond donors (Lipinski definition) is 1. The van der Waals surface area contributed by atoms with E-state index >= 15 is 0 Å². The van der Waals surface area contributed by atoms with Gasteiger partial charge in [0, 0.05) is 39.0 Å². The Hall–Kier alpha value is -1.17. The predicted molar refractivity (Wildman–Crippen MR) is 82.2 cm³/mol. The van der Waals surface area contributed by atoms with E-state index in [1.54, 1.807) is 13.2 Å². The Bertz CT molecular complexity index is 446. The maximum absolute atomic E-state index is 13.5. The Morgan fingerprint density at radius 3 is 2.71 bits per heavy atom. The lowest BCUT2D eigenvalue weighted by molar-refractivity contribution is -0.00526. The Morgan fingerprint density at radius 1 is 1.33 bits per heavy atom. The van der Waals surface area contributed by atoms with Crippen LogP contribution in [0.25, 0.3) is 0 Å². The molecule has 1 aliphatic heterocycles. The Labute approximate surface area is 126 Å². The van der Waals surface area contributed by atoms with Crippen LogP contribution in [0.4, 0.5) is 10.1 Å². The van der Waals surface area contributed by atoms with E-state index in [4.69, 9.17) is 9.47 Å². The molecule has 2 rings (SSSR count). The smallest absolute Gasteiger partial charge is 0.123 e. The number of hydrogen-bond acceptors (Lipinski definition) is 4. The third-order valence-corrected chi connectivity index (χ3v) is 3.60. The van der Waals surface area contributed by atoms with E-state index in [1.165, 1.54) is 6.07 Å². The van der Waals surface area contributed by atoms with Crippen molar-refractivity contribution in [1.29, 1.82) is 0 Å². The summed E-state index contributed by atoms with van der Waals surface area (Å²) in [7, 11) is 1.67. The molecule has 5 heteroatoms.